The van der Waals surface area contributed by atoms with Gasteiger partial charge in [0.2, 0.25) is 5.91 Å². The normalized spacial score (nSPS) is 11.8. The summed E-state index contributed by atoms with van der Waals surface area (Å²) in [7, 11) is 3.90. The van der Waals surface area contributed by atoms with E-state index in [4.69, 9.17) is 0 Å². The Hall–Kier alpha value is -2.36. The van der Waals surface area contributed by atoms with Crippen LogP contribution in [0.3, 0.4) is 0 Å². The SMILES string of the molecule is CC(CC(=O)NCc1cccnc1N(C)C)c1ccccc1. The van der Waals surface area contributed by atoms with Gasteiger partial charge in [-0.15, -0.1) is 0 Å². The van der Waals surface area contributed by atoms with Gasteiger partial charge >= 0.3 is 0 Å². The Bertz CT molecular complexity index is 611. The van der Waals surface area contributed by atoms with Crippen LogP contribution in [0.5, 0.6) is 0 Å². The Morgan fingerprint density at radius 3 is 2.59 bits per heavy atom. The third-order valence-electron chi connectivity index (χ3n) is 3.63. The minimum absolute atomic E-state index is 0.0601. The third kappa shape index (κ3) is 4.32. The number of anilines is 1. The number of benzene rings is 1. The number of hydrogen-bond acceptors (Lipinski definition) is 3. The molecule has 1 atom stereocenters. The number of nitrogens with one attached hydrogen (secondary N) is 1. The molecule has 1 N–H and O–H groups in total. The van der Waals surface area contributed by atoms with Gasteiger partial charge in [-0.3, -0.25) is 4.79 Å². The monoisotopic (exact) mass is 297 g/mol. The lowest BCUT2D eigenvalue weighted by Crippen LogP contribution is -2.25. The van der Waals surface area contributed by atoms with Crippen LogP contribution in [0.1, 0.15) is 30.4 Å². The van der Waals surface area contributed by atoms with Crippen LogP contribution in [-0.4, -0.2) is 25.0 Å². The molecular formula is C18H23N3O. The second-order valence-electron chi connectivity index (χ2n) is 5.67. The number of nitrogens with zero attached hydrogens (tertiary/aromatic N) is 2. The van der Waals surface area contributed by atoms with Gasteiger partial charge in [-0.05, 0) is 17.5 Å². The van der Waals surface area contributed by atoms with E-state index in [0.29, 0.717) is 13.0 Å². The van der Waals surface area contributed by atoms with Crippen LogP contribution in [0.2, 0.25) is 0 Å². The van der Waals surface area contributed by atoms with Crippen LogP contribution >= 0.6 is 0 Å². The summed E-state index contributed by atoms with van der Waals surface area (Å²) in [6, 6.07) is 14.0. The topological polar surface area (TPSA) is 45.2 Å². The Kier molecular flexibility index (Phi) is 5.53. The molecule has 0 saturated carbocycles. The van der Waals surface area contributed by atoms with Gasteiger partial charge in [0.15, 0.2) is 0 Å². The molecule has 1 unspecified atom stereocenters. The van der Waals surface area contributed by atoms with E-state index in [-0.39, 0.29) is 11.8 Å². The standard InChI is InChI=1S/C18H23N3O/c1-14(15-8-5-4-6-9-15)12-17(22)20-13-16-10-7-11-19-18(16)21(2)3/h4-11,14H,12-13H2,1-3H3,(H,20,22). The summed E-state index contributed by atoms with van der Waals surface area (Å²) < 4.78 is 0. The molecule has 0 saturated heterocycles. The summed E-state index contributed by atoms with van der Waals surface area (Å²) in [6.45, 7) is 2.58. The molecule has 2 aromatic rings. The van der Waals surface area contributed by atoms with Gasteiger partial charge in [0.05, 0.1) is 0 Å². The van der Waals surface area contributed by atoms with Crippen molar-refractivity contribution in [3.63, 3.8) is 0 Å². The molecule has 0 bridgehead atoms. The average Bonchev–Trinajstić information content (AvgIpc) is 2.54. The molecule has 116 valence electrons. The second kappa shape index (κ2) is 7.59. The maximum absolute atomic E-state index is 12.1. The van der Waals surface area contributed by atoms with Gasteiger partial charge in [-0.25, -0.2) is 4.98 Å². The number of pyridine rings is 1. The van der Waals surface area contributed by atoms with Gasteiger partial charge < -0.3 is 10.2 Å². The van der Waals surface area contributed by atoms with Crippen molar-refractivity contribution in [1.29, 1.82) is 0 Å². The van der Waals surface area contributed by atoms with E-state index in [9.17, 15) is 4.79 Å². The molecule has 1 amide bonds. The predicted molar refractivity (Wildman–Crippen MR) is 89.9 cm³/mol. The van der Waals surface area contributed by atoms with Crippen LogP contribution in [0, 0.1) is 0 Å². The smallest absolute Gasteiger partial charge is 0.220 e. The number of amides is 1. The van der Waals surface area contributed by atoms with Gasteiger partial charge in [0.25, 0.3) is 0 Å². The van der Waals surface area contributed by atoms with Crippen molar-refractivity contribution >= 4 is 11.7 Å². The van der Waals surface area contributed by atoms with E-state index in [1.54, 1.807) is 6.20 Å². The molecule has 0 aliphatic carbocycles. The number of carbonyl (C=O) groups excluding carboxylic acids is 1. The largest absolute Gasteiger partial charge is 0.362 e. The fraction of sp³-hybridized carbons (Fsp3) is 0.333. The Balaban J connectivity index is 1.91. The molecular weight excluding hydrogens is 274 g/mol. The first-order chi connectivity index (χ1) is 10.6. The van der Waals surface area contributed by atoms with E-state index >= 15 is 0 Å². The van der Waals surface area contributed by atoms with E-state index in [2.05, 4.69) is 29.4 Å². The molecule has 0 radical (unpaired) electrons. The Labute approximate surface area is 132 Å². The van der Waals surface area contributed by atoms with Gasteiger partial charge in [0, 0.05) is 38.8 Å². The fourth-order valence-corrected chi connectivity index (χ4v) is 2.41. The Morgan fingerprint density at radius 2 is 1.91 bits per heavy atom. The molecule has 1 aromatic heterocycles. The molecule has 0 fully saturated rings. The van der Waals surface area contributed by atoms with Crippen molar-refractivity contribution in [2.75, 3.05) is 19.0 Å². The van der Waals surface area contributed by atoms with Gasteiger partial charge in [0.1, 0.15) is 5.82 Å². The zero-order valence-electron chi connectivity index (χ0n) is 13.4. The summed E-state index contributed by atoms with van der Waals surface area (Å²) in [5, 5.41) is 2.99. The summed E-state index contributed by atoms with van der Waals surface area (Å²) in [5.74, 6) is 1.16. The molecule has 0 aliphatic heterocycles. The van der Waals surface area contributed by atoms with Crippen molar-refractivity contribution in [3.05, 3.63) is 59.8 Å². The lowest BCUT2D eigenvalue weighted by atomic mass is 9.97. The molecule has 0 spiro atoms. The average molecular weight is 297 g/mol. The quantitative estimate of drug-likeness (QED) is 0.891. The molecule has 4 heteroatoms. The third-order valence-corrected chi connectivity index (χ3v) is 3.63. The van der Waals surface area contributed by atoms with Crippen molar-refractivity contribution in [1.82, 2.24) is 10.3 Å². The maximum atomic E-state index is 12.1. The number of carbonyl (C=O) groups is 1. The van der Waals surface area contributed by atoms with Crippen molar-refractivity contribution in [3.8, 4) is 0 Å². The lowest BCUT2D eigenvalue weighted by molar-refractivity contribution is -0.121. The highest BCUT2D eigenvalue weighted by Gasteiger charge is 2.12. The van der Waals surface area contributed by atoms with Crippen molar-refractivity contribution < 1.29 is 4.79 Å². The summed E-state index contributed by atoms with van der Waals surface area (Å²) in [6.07, 6.45) is 2.25. The summed E-state index contributed by atoms with van der Waals surface area (Å²) in [4.78, 5) is 18.4. The fourth-order valence-electron chi connectivity index (χ4n) is 2.41. The maximum Gasteiger partial charge on any atom is 0.220 e. The van der Waals surface area contributed by atoms with Crippen LogP contribution in [0.25, 0.3) is 0 Å². The van der Waals surface area contributed by atoms with Crippen LogP contribution in [0.15, 0.2) is 48.7 Å². The second-order valence-corrected chi connectivity index (χ2v) is 5.67. The zero-order valence-corrected chi connectivity index (χ0v) is 13.4. The number of rotatable bonds is 6. The van der Waals surface area contributed by atoms with Crippen LogP contribution < -0.4 is 10.2 Å². The van der Waals surface area contributed by atoms with E-state index in [0.717, 1.165) is 11.4 Å². The summed E-state index contributed by atoms with van der Waals surface area (Å²) in [5.41, 5.74) is 2.21. The first-order valence-electron chi connectivity index (χ1n) is 7.50. The van der Waals surface area contributed by atoms with Gasteiger partial charge in [-0.1, -0.05) is 43.3 Å². The van der Waals surface area contributed by atoms with Crippen molar-refractivity contribution in [2.45, 2.75) is 25.8 Å². The first-order valence-corrected chi connectivity index (χ1v) is 7.50. The highest BCUT2D eigenvalue weighted by Crippen LogP contribution is 2.18. The number of hydrogen-bond donors (Lipinski definition) is 1. The molecule has 2 rings (SSSR count). The molecule has 0 aliphatic rings. The van der Waals surface area contributed by atoms with E-state index in [1.807, 2.05) is 49.3 Å². The minimum atomic E-state index is 0.0601. The first kappa shape index (κ1) is 16.0. The molecule has 22 heavy (non-hydrogen) atoms. The molecule has 1 aromatic carbocycles. The van der Waals surface area contributed by atoms with Crippen molar-refractivity contribution in [2.24, 2.45) is 0 Å². The predicted octanol–water partition coefficient (Wildman–Crippen LogP) is 2.96. The highest BCUT2D eigenvalue weighted by molar-refractivity contribution is 5.77. The molecule has 4 nitrogen and oxygen atoms in total. The molecule has 1 heterocycles. The Morgan fingerprint density at radius 1 is 1.18 bits per heavy atom. The number of aromatic nitrogens is 1. The van der Waals surface area contributed by atoms with E-state index in [1.165, 1.54) is 5.56 Å². The van der Waals surface area contributed by atoms with Crippen LogP contribution in [-0.2, 0) is 11.3 Å². The highest BCUT2D eigenvalue weighted by atomic mass is 16.1. The van der Waals surface area contributed by atoms with Gasteiger partial charge in [-0.2, -0.15) is 0 Å². The zero-order chi connectivity index (χ0) is 15.9. The van der Waals surface area contributed by atoms with E-state index < -0.39 is 0 Å². The minimum Gasteiger partial charge on any atom is -0.362 e. The lowest BCUT2D eigenvalue weighted by Gasteiger charge is -2.17. The summed E-state index contributed by atoms with van der Waals surface area (Å²) >= 11 is 0. The van der Waals surface area contributed by atoms with Crippen LogP contribution in [0.4, 0.5) is 5.82 Å².